The highest BCUT2D eigenvalue weighted by Crippen LogP contribution is 2.59. The van der Waals surface area contributed by atoms with E-state index in [4.69, 9.17) is 5.73 Å². The summed E-state index contributed by atoms with van der Waals surface area (Å²) in [5, 5.41) is 13.8. The Hall–Kier alpha value is -7.69. The van der Waals surface area contributed by atoms with E-state index in [0.29, 0.717) is 44.7 Å². The fourth-order valence-electron chi connectivity index (χ4n) is 12.9. The highest BCUT2D eigenvalue weighted by Gasteiger charge is 2.51. The number of nitrogens with two attached hydrogens (primary N) is 1. The Morgan fingerprint density at radius 3 is 2.13 bits per heavy atom. The van der Waals surface area contributed by atoms with Crippen molar-refractivity contribution in [1.82, 2.24) is 45.8 Å². The molecule has 1 aromatic heterocycles. The molecule has 24 nitrogen and oxygen atoms in total. The second-order valence-electron chi connectivity index (χ2n) is 25.2. The molecular formula is C61H72F4N11O13PS. The number of alkyl halides is 4. The van der Waals surface area contributed by atoms with E-state index in [9.17, 15) is 79.9 Å². The van der Waals surface area contributed by atoms with Crippen LogP contribution in [0.1, 0.15) is 126 Å². The first-order valence-corrected chi connectivity index (χ1v) is 32.6. The number of anilines is 1. The van der Waals surface area contributed by atoms with E-state index in [2.05, 4.69) is 52.3 Å². The summed E-state index contributed by atoms with van der Waals surface area (Å²) in [5.41, 5.74) is 2.51. The normalized spacial score (nSPS) is 22.2. The average molecular weight is 1310 g/mol. The molecule has 7 heterocycles. The van der Waals surface area contributed by atoms with Crippen LogP contribution in [0.25, 0.3) is 10.1 Å². The Bertz CT molecular complexity index is 3610. The van der Waals surface area contributed by atoms with E-state index in [1.165, 1.54) is 15.9 Å². The predicted octanol–water partition coefficient (Wildman–Crippen LogP) is 3.52. The van der Waals surface area contributed by atoms with E-state index in [1.54, 1.807) is 23.1 Å². The SMILES string of the molecule is CC(C)(C)c1ccc(C[C@H](NC(=O)[C@H](CCC(N)=O)NC(=O)[C@@H]2CC[C@@H]3CCN(CC(F)F)C[C@H](NC(=O)c4cc5cc(C(F)(F)P(=O)(O)O)ccc5s4)C(=O)N32)C(=O)N2CCC(N3CC(Nc4ccc5c(c4)C(=O)N(C4CCC(=O)NC4=O)C5=O)C3)CC2)cc1. The Morgan fingerprint density at radius 1 is 0.791 bits per heavy atom. The highest BCUT2D eigenvalue weighted by molar-refractivity contribution is 7.52. The van der Waals surface area contributed by atoms with Gasteiger partial charge in [0, 0.05) is 86.6 Å². The molecule has 0 spiro atoms. The van der Waals surface area contributed by atoms with Crippen molar-refractivity contribution < 1.29 is 79.9 Å². The van der Waals surface area contributed by atoms with Gasteiger partial charge in [-0.1, -0.05) is 51.1 Å². The number of carbonyl (C=O) groups is 10. The molecule has 6 aliphatic rings. The first-order chi connectivity index (χ1) is 42.9. The lowest BCUT2D eigenvalue weighted by atomic mass is 9.86. The molecule has 0 aliphatic carbocycles. The summed E-state index contributed by atoms with van der Waals surface area (Å²) in [5.74, 6) is -6.92. The molecule has 488 valence electrons. The number of primary amides is 1. The maximum absolute atomic E-state index is 14.8. The summed E-state index contributed by atoms with van der Waals surface area (Å²) in [4.78, 5) is 162. The Kier molecular flexibility index (Phi) is 19.3. The molecule has 5 fully saturated rings. The zero-order chi connectivity index (χ0) is 65.6. The largest absolute Gasteiger partial charge is 0.399 e. The molecule has 5 saturated heterocycles. The molecule has 0 bridgehead atoms. The minimum atomic E-state index is -5.94. The number of hydrogen-bond acceptors (Lipinski definition) is 15. The summed E-state index contributed by atoms with van der Waals surface area (Å²) in [7, 11) is -5.94. The fourth-order valence-corrected chi connectivity index (χ4v) is 14.4. The maximum Gasteiger partial charge on any atom is 0.399 e. The van der Waals surface area contributed by atoms with Crippen LogP contribution in [-0.4, -0.2) is 194 Å². The van der Waals surface area contributed by atoms with Crippen LogP contribution < -0.4 is 32.3 Å². The summed E-state index contributed by atoms with van der Waals surface area (Å²) in [6.07, 6.45) is -1.83. The lowest BCUT2D eigenvalue weighted by Crippen LogP contribution is -2.62. The van der Waals surface area contributed by atoms with Crippen molar-refractivity contribution >= 4 is 93.8 Å². The van der Waals surface area contributed by atoms with Crippen molar-refractivity contribution in [3.63, 3.8) is 0 Å². The number of nitrogens with one attached hydrogen (secondary N) is 5. The second-order valence-corrected chi connectivity index (χ2v) is 28.0. The Morgan fingerprint density at radius 2 is 1.47 bits per heavy atom. The molecule has 1 unspecified atom stereocenters. The van der Waals surface area contributed by atoms with Gasteiger partial charge in [0.2, 0.25) is 41.4 Å². The number of rotatable bonds is 20. The van der Waals surface area contributed by atoms with Gasteiger partial charge in [-0.3, -0.25) is 72.5 Å². The van der Waals surface area contributed by atoms with E-state index >= 15 is 0 Å². The number of imide groups is 2. The molecule has 91 heavy (non-hydrogen) atoms. The van der Waals surface area contributed by atoms with Gasteiger partial charge in [-0.2, -0.15) is 8.78 Å². The van der Waals surface area contributed by atoms with Crippen molar-refractivity contribution in [1.29, 1.82) is 0 Å². The number of benzene rings is 3. The average Bonchev–Trinajstić information content (AvgIpc) is 1.67. The molecule has 10 rings (SSSR count). The highest BCUT2D eigenvalue weighted by atomic mass is 32.1. The monoisotopic (exact) mass is 1310 g/mol. The molecule has 3 aromatic carbocycles. The number of amides is 10. The summed E-state index contributed by atoms with van der Waals surface area (Å²) < 4.78 is 69.1. The van der Waals surface area contributed by atoms with Crippen molar-refractivity contribution in [2.75, 3.05) is 51.1 Å². The smallest absolute Gasteiger partial charge is 0.380 e. The zero-order valence-electron chi connectivity index (χ0n) is 50.1. The Balaban J connectivity index is 0.802. The van der Waals surface area contributed by atoms with Gasteiger partial charge in [0.15, 0.2) is 0 Å². The van der Waals surface area contributed by atoms with Gasteiger partial charge in [0.1, 0.15) is 30.2 Å². The number of fused-ring (bicyclic) bond motifs is 3. The second kappa shape index (κ2) is 26.5. The predicted molar refractivity (Wildman–Crippen MR) is 323 cm³/mol. The van der Waals surface area contributed by atoms with Gasteiger partial charge in [-0.25, -0.2) is 8.78 Å². The first kappa shape index (κ1) is 66.2. The number of thiophene rings is 1. The number of carbonyl (C=O) groups excluding carboxylic acids is 10. The quantitative estimate of drug-likeness (QED) is 0.0357. The van der Waals surface area contributed by atoms with Crippen molar-refractivity contribution in [3.05, 3.63) is 99.4 Å². The minimum Gasteiger partial charge on any atom is -0.380 e. The summed E-state index contributed by atoms with van der Waals surface area (Å²) >= 11 is 0.811. The third kappa shape index (κ3) is 14.5. The van der Waals surface area contributed by atoms with Crippen LogP contribution in [0.5, 0.6) is 0 Å². The van der Waals surface area contributed by atoms with E-state index in [1.807, 2.05) is 24.3 Å². The van der Waals surface area contributed by atoms with E-state index in [-0.39, 0.29) is 102 Å². The zero-order valence-corrected chi connectivity index (χ0v) is 51.8. The topological polar surface area (TPSA) is 331 Å². The van der Waals surface area contributed by atoms with Gasteiger partial charge in [0.05, 0.1) is 28.6 Å². The first-order valence-electron chi connectivity index (χ1n) is 30.2. The van der Waals surface area contributed by atoms with Crippen LogP contribution in [0.4, 0.5) is 23.2 Å². The van der Waals surface area contributed by atoms with Crippen molar-refractivity contribution in [2.45, 2.75) is 151 Å². The van der Waals surface area contributed by atoms with Crippen LogP contribution >= 0.6 is 18.9 Å². The molecule has 6 aliphatic heterocycles. The molecule has 30 heteroatoms. The van der Waals surface area contributed by atoms with Gasteiger partial charge in [-0.15, -0.1) is 11.3 Å². The summed E-state index contributed by atoms with van der Waals surface area (Å²) in [6.45, 7) is 6.94. The molecule has 10 amide bonds. The number of likely N-dealkylation sites (tertiary alicyclic amines) is 2. The minimum absolute atomic E-state index is 0.00322. The van der Waals surface area contributed by atoms with Crippen LogP contribution in [0.3, 0.4) is 0 Å². The van der Waals surface area contributed by atoms with Crippen LogP contribution in [0.15, 0.2) is 66.7 Å². The van der Waals surface area contributed by atoms with Gasteiger partial charge in [0.25, 0.3) is 24.1 Å². The van der Waals surface area contributed by atoms with Crippen molar-refractivity contribution in [2.24, 2.45) is 5.73 Å². The molecular weight excluding hydrogens is 1230 g/mol. The standard InChI is InChI=1S/C61H72F4N11O13PS/c1-60(2,3)34-6-4-32(5-7-34)24-43(58(85)73-22-19-38(20-23-73)74-28-37(29-74)67-36-9-11-40-41(27-36)57(84)76(56(40)83)46-14-17-51(78)71-54(46)81)69-52(79)42(12-16-50(66)77)68-53(80)45-13-10-39-18-21-72(31-49(62)63)30-44(59(86)75(39)45)70-55(82)48-26-33-25-35(8-15-47(33)91-48)61(64,65)90(87,88)89/h4-9,11,15,25-27,37-39,42-46,49,67H,10,12-14,16-24,28-31H2,1-3H3,(H2,66,77)(H,68,80)(H,69,79)(H,70,82)(H,71,78,81)(H2,87,88,89)/t39-,42+,43+,44+,45+,46?/m1/s1. The third-order valence-corrected chi connectivity index (χ3v) is 20.0. The number of piperidine rings is 2. The van der Waals surface area contributed by atoms with E-state index in [0.717, 1.165) is 45.6 Å². The van der Waals surface area contributed by atoms with Crippen LogP contribution in [0.2, 0.25) is 0 Å². The molecule has 4 aromatic rings. The van der Waals surface area contributed by atoms with Gasteiger partial charge < -0.3 is 46.6 Å². The maximum atomic E-state index is 14.8. The van der Waals surface area contributed by atoms with Gasteiger partial charge in [-0.05, 0) is 103 Å². The number of nitrogens with zero attached hydrogens (tertiary/aromatic N) is 5. The van der Waals surface area contributed by atoms with Crippen molar-refractivity contribution in [3.8, 4) is 0 Å². The molecule has 9 N–H and O–H groups in total. The summed E-state index contributed by atoms with van der Waals surface area (Å²) in [6, 6.07) is 9.25. The van der Waals surface area contributed by atoms with Crippen LogP contribution in [-0.2, 0) is 55.6 Å². The molecule has 0 saturated carbocycles. The number of halogens is 4. The molecule has 6 atom stereocenters. The number of hydrogen-bond donors (Lipinski definition) is 8. The third-order valence-electron chi connectivity index (χ3n) is 17.9. The molecule has 0 radical (unpaired) electrons. The Labute approximate surface area is 524 Å². The lowest BCUT2D eigenvalue weighted by molar-refractivity contribution is -0.144. The van der Waals surface area contributed by atoms with E-state index < -0.39 is 134 Å². The lowest BCUT2D eigenvalue weighted by Gasteiger charge is -2.47. The fraction of sp³-hybridized carbons (Fsp3) is 0.508. The van der Waals surface area contributed by atoms with Gasteiger partial charge >= 0.3 is 13.3 Å². The van der Waals surface area contributed by atoms with Crippen LogP contribution in [0, 0.1) is 0 Å².